The van der Waals surface area contributed by atoms with Crippen molar-refractivity contribution < 1.29 is 27.9 Å². The number of nitrogens with one attached hydrogen (secondary N) is 2. The van der Waals surface area contributed by atoms with Gasteiger partial charge in [0.25, 0.3) is 0 Å². The largest absolute Gasteiger partial charge is 0.453 e. The Balaban J connectivity index is 2.01. The Morgan fingerprint density at radius 2 is 1.82 bits per heavy atom. The second-order valence-electron chi connectivity index (χ2n) is 7.97. The molecule has 0 aromatic heterocycles. The molecule has 1 saturated carbocycles. The molecule has 1 fully saturated rings. The molecule has 0 aliphatic heterocycles. The Morgan fingerprint density at radius 3 is 2.47 bits per heavy atom. The third-order valence-electron chi connectivity index (χ3n) is 5.63. The normalized spacial score (nSPS) is 18.5. The molecule has 34 heavy (non-hydrogen) atoms. The third-order valence-corrected chi connectivity index (χ3v) is 5.98. The lowest BCUT2D eigenvalue weighted by atomic mass is 9.93. The van der Waals surface area contributed by atoms with Crippen LogP contribution in [0.15, 0.2) is 48.5 Å². The van der Waals surface area contributed by atoms with E-state index in [1.807, 2.05) is 0 Å². The first-order valence-corrected chi connectivity index (χ1v) is 11.3. The maximum atomic E-state index is 14.1. The van der Waals surface area contributed by atoms with E-state index in [0.29, 0.717) is 31.2 Å². The van der Waals surface area contributed by atoms with Gasteiger partial charge < -0.3 is 15.4 Å². The Bertz CT molecular complexity index is 1030. The molecule has 3 rings (SSSR count). The number of alkyl carbamates (subject to hydrolysis) is 1. The van der Waals surface area contributed by atoms with Crippen LogP contribution in [0.5, 0.6) is 0 Å². The van der Waals surface area contributed by atoms with Gasteiger partial charge in [-0.2, -0.15) is 0 Å². The number of carbonyl (C=O) groups excluding carboxylic acids is 3. The number of amides is 3. The molecule has 0 saturated heterocycles. The van der Waals surface area contributed by atoms with Gasteiger partial charge in [-0.1, -0.05) is 35.9 Å². The van der Waals surface area contributed by atoms with Crippen molar-refractivity contribution in [1.82, 2.24) is 10.6 Å². The first-order valence-electron chi connectivity index (χ1n) is 10.9. The van der Waals surface area contributed by atoms with E-state index >= 15 is 0 Å². The fraction of sp³-hybridized carbons (Fsp3) is 0.375. The van der Waals surface area contributed by atoms with Gasteiger partial charge in [0.15, 0.2) is 0 Å². The summed E-state index contributed by atoms with van der Waals surface area (Å²) >= 11 is 6.41. The smallest absolute Gasteiger partial charge is 0.407 e. The molecule has 2 aromatic carbocycles. The van der Waals surface area contributed by atoms with E-state index in [9.17, 15) is 23.2 Å². The lowest BCUT2D eigenvalue weighted by Crippen LogP contribution is -2.50. The van der Waals surface area contributed by atoms with Gasteiger partial charge >= 0.3 is 6.09 Å². The van der Waals surface area contributed by atoms with Crippen LogP contribution in [-0.2, 0) is 14.3 Å². The number of halogens is 3. The van der Waals surface area contributed by atoms with Crippen LogP contribution in [0.1, 0.15) is 37.3 Å². The quantitative estimate of drug-likeness (QED) is 0.602. The minimum atomic E-state index is -1.27. The summed E-state index contributed by atoms with van der Waals surface area (Å²) in [6.07, 6.45) is -0.161. The minimum absolute atomic E-state index is 0.101. The number of benzene rings is 2. The predicted octanol–water partition coefficient (Wildman–Crippen LogP) is 4.31. The summed E-state index contributed by atoms with van der Waals surface area (Å²) in [4.78, 5) is 39.5. The molecule has 0 heterocycles. The molecular formula is C24H26ClF2N3O4. The second-order valence-corrected chi connectivity index (χ2v) is 8.38. The molecule has 1 aliphatic carbocycles. The fourth-order valence-electron chi connectivity index (χ4n) is 3.94. The third kappa shape index (κ3) is 6.44. The Morgan fingerprint density at radius 1 is 1.12 bits per heavy atom. The van der Waals surface area contributed by atoms with E-state index in [1.54, 1.807) is 24.3 Å². The molecule has 0 radical (unpaired) electrons. The summed E-state index contributed by atoms with van der Waals surface area (Å²) in [6.45, 7) is -0.510. The van der Waals surface area contributed by atoms with E-state index < -0.39 is 42.5 Å². The maximum Gasteiger partial charge on any atom is 0.407 e. The highest BCUT2D eigenvalue weighted by molar-refractivity contribution is 6.31. The highest BCUT2D eigenvalue weighted by atomic mass is 35.5. The average Bonchev–Trinajstić information content (AvgIpc) is 2.82. The molecule has 1 unspecified atom stereocenters. The zero-order chi connectivity index (χ0) is 24.7. The molecule has 0 bridgehead atoms. The van der Waals surface area contributed by atoms with Crippen LogP contribution in [0.4, 0.5) is 19.3 Å². The van der Waals surface area contributed by atoms with Gasteiger partial charge in [-0.05, 0) is 49.9 Å². The van der Waals surface area contributed by atoms with Crippen molar-refractivity contribution in [3.8, 4) is 0 Å². The van der Waals surface area contributed by atoms with Crippen LogP contribution in [0.2, 0.25) is 5.02 Å². The first-order chi connectivity index (χ1) is 16.3. The number of methoxy groups -OCH3 is 1. The Labute approximate surface area is 201 Å². The topological polar surface area (TPSA) is 87.7 Å². The molecule has 7 nitrogen and oxygen atoms in total. The lowest BCUT2D eigenvalue weighted by Gasteiger charge is -2.34. The molecule has 2 aromatic rings. The number of ether oxygens (including phenoxy) is 1. The monoisotopic (exact) mass is 493 g/mol. The SMILES string of the molecule is COC(=O)NCC(=O)N(c1cccc(F)c1)C(C(=O)NC1CCC(F)CC1)c1ccccc1Cl. The minimum Gasteiger partial charge on any atom is -0.453 e. The number of hydrogen-bond acceptors (Lipinski definition) is 4. The van der Waals surface area contributed by atoms with E-state index in [0.717, 1.165) is 18.1 Å². The summed E-state index contributed by atoms with van der Waals surface area (Å²) in [5.74, 6) is -1.86. The summed E-state index contributed by atoms with van der Waals surface area (Å²) in [5, 5.41) is 5.41. The summed E-state index contributed by atoms with van der Waals surface area (Å²) in [6, 6.07) is 10.2. The first kappa shape index (κ1) is 25.4. The van der Waals surface area contributed by atoms with Crippen LogP contribution < -0.4 is 15.5 Å². The Kier molecular flexibility index (Phi) is 8.81. The molecule has 1 aliphatic rings. The highest BCUT2D eigenvalue weighted by Gasteiger charge is 2.36. The Hall–Kier alpha value is -3.20. The molecule has 3 amide bonds. The number of nitrogens with zero attached hydrogens (tertiary/aromatic N) is 1. The van der Waals surface area contributed by atoms with Crippen molar-refractivity contribution in [2.24, 2.45) is 0 Å². The molecule has 1 atom stereocenters. The summed E-state index contributed by atoms with van der Waals surface area (Å²) in [7, 11) is 1.15. The second kappa shape index (κ2) is 11.8. The van der Waals surface area contributed by atoms with Crippen molar-refractivity contribution in [2.75, 3.05) is 18.6 Å². The number of anilines is 1. The summed E-state index contributed by atoms with van der Waals surface area (Å²) < 4.78 is 32.2. The average molecular weight is 494 g/mol. The molecular weight excluding hydrogens is 468 g/mol. The van der Waals surface area contributed by atoms with Gasteiger partial charge in [-0.25, -0.2) is 13.6 Å². The van der Waals surface area contributed by atoms with E-state index in [1.165, 1.54) is 18.2 Å². The van der Waals surface area contributed by atoms with E-state index in [4.69, 9.17) is 11.6 Å². The van der Waals surface area contributed by atoms with Gasteiger partial charge in [0.1, 0.15) is 24.6 Å². The lowest BCUT2D eigenvalue weighted by molar-refractivity contribution is -0.127. The predicted molar refractivity (Wildman–Crippen MR) is 124 cm³/mol. The highest BCUT2D eigenvalue weighted by Crippen LogP contribution is 2.33. The molecule has 10 heteroatoms. The zero-order valence-electron chi connectivity index (χ0n) is 18.6. The van der Waals surface area contributed by atoms with E-state index in [2.05, 4.69) is 15.4 Å². The van der Waals surface area contributed by atoms with Crippen LogP contribution in [0.25, 0.3) is 0 Å². The number of alkyl halides is 1. The molecule has 182 valence electrons. The van der Waals surface area contributed by atoms with Gasteiger partial charge in [0.05, 0.1) is 7.11 Å². The van der Waals surface area contributed by atoms with Crippen LogP contribution in [0, 0.1) is 5.82 Å². The van der Waals surface area contributed by atoms with Crippen molar-refractivity contribution >= 4 is 35.2 Å². The van der Waals surface area contributed by atoms with Crippen LogP contribution in [0.3, 0.4) is 0 Å². The maximum absolute atomic E-state index is 14.1. The fourth-order valence-corrected chi connectivity index (χ4v) is 4.18. The van der Waals surface area contributed by atoms with Gasteiger partial charge in [-0.3, -0.25) is 14.5 Å². The number of carbonyl (C=O) groups is 3. The number of rotatable bonds is 7. The van der Waals surface area contributed by atoms with E-state index in [-0.39, 0.29) is 16.8 Å². The van der Waals surface area contributed by atoms with Crippen molar-refractivity contribution in [2.45, 2.75) is 43.9 Å². The van der Waals surface area contributed by atoms with Gasteiger partial charge in [-0.15, -0.1) is 0 Å². The molecule has 2 N–H and O–H groups in total. The van der Waals surface area contributed by atoms with Crippen molar-refractivity contribution in [1.29, 1.82) is 0 Å². The standard InChI is InChI=1S/C24H26ClF2N3O4/c1-34-24(33)28-14-21(31)30(18-6-4-5-16(27)13-18)22(19-7-2-3-8-20(19)25)23(32)29-17-11-9-15(26)10-12-17/h2-8,13,15,17,22H,9-12,14H2,1H3,(H,28,33)(H,29,32). The molecule has 0 spiro atoms. The van der Waals surface area contributed by atoms with Crippen molar-refractivity contribution in [3.63, 3.8) is 0 Å². The summed E-state index contributed by atoms with van der Waals surface area (Å²) in [5.41, 5.74) is 0.417. The van der Waals surface area contributed by atoms with Crippen molar-refractivity contribution in [3.05, 3.63) is 64.9 Å². The van der Waals surface area contributed by atoms with Gasteiger partial charge in [0.2, 0.25) is 11.8 Å². The van der Waals surface area contributed by atoms with Gasteiger partial charge in [0, 0.05) is 22.3 Å². The number of hydrogen-bond donors (Lipinski definition) is 2. The zero-order valence-corrected chi connectivity index (χ0v) is 19.4. The van der Waals surface area contributed by atoms with Crippen LogP contribution >= 0.6 is 11.6 Å². The van der Waals surface area contributed by atoms with Crippen LogP contribution in [-0.4, -0.2) is 43.8 Å².